The summed E-state index contributed by atoms with van der Waals surface area (Å²) in [5.41, 5.74) is 1.24. The number of imidazole rings is 1. The van der Waals surface area contributed by atoms with Crippen molar-refractivity contribution in [1.29, 1.82) is 0 Å². The molecule has 1 fully saturated rings. The molecule has 1 aliphatic rings. The maximum atomic E-state index is 11.7. The van der Waals surface area contributed by atoms with Gasteiger partial charge < -0.3 is 9.47 Å². The molecule has 0 N–H and O–H groups in total. The Balaban J connectivity index is 1.76. The van der Waals surface area contributed by atoms with Crippen LogP contribution in [-0.2, 0) is 19.1 Å². The molecule has 1 aliphatic heterocycles. The normalized spacial score (nSPS) is 18.3. The van der Waals surface area contributed by atoms with Gasteiger partial charge in [0.2, 0.25) is 6.10 Å². The number of halogens is 1. The van der Waals surface area contributed by atoms with Crippen LogP contribution >= 0.6 is 11.6 Å². The molecule has 0 amide bonds. The van der Waals surface area contributed by atoms with Crippen LogP contribution in [0.2, 0.25) is 5.15 Å². The Hall–Kier alpha value is -2.34. The molecule has 7 heteroatoms. The first-order chi connectivity index (χ1) is 10.1. The van der Waals surface area contributed by atoms with Crippen LogP contribution < -0.4 is 0 Å². The summed E-state index contributed by atoms with van der Waals surface area (Å²) in [4.78, 5) is 27.1. The molecule has 2 aromatic rings. The summed E-state index contributed by atoms with van der Waals surface area (Å²) in [5.74, 6) is -1.13. The highest BCUT2D eigenvalue weighted by Gasteiger charge is 2.29. The van der Waals surface area contributed by atoms with E-state index in [9.17, 15) is 9.59 Å². The number of rotatable bonds is 3. The van der Waals surface area contributed by atoms with Gasteiger partial charge in [0.1, 0.15) is 5.65 Å². The van der Waals surface area contributed by atoms with Gasteiger partial charge in [0, 0.05) is 18.7 Å². The Morgan fingerprint density at radius 3 is 3.14 bits per heavy atom. The minimum atomic E-state index is -0.820. The monoisotopic (exact) mass is 306 g/mol. The molecule has 0 unspecified atom stereocenters. The van der Waals surface area contributed by atoms with Crippen LogP contribution in [0.5, 0.6) is 0 Å². The number of ether oxygens (including phenoxy) is 2. The standard InChI is InChI=1S/C14H11ClN2O4/c15-13-9(17-7-2-1-3-11(17)16-13)4-5-12(18)21-10-6-8-20-14(10)19/h1-5,7,10H,6,8H2/b5-4+/t10-/m1/s1. The molecule has 2 aromatic heterocycles. The van der Waals surface area contributed by atoms with Crippen LogP contribution in [0, 0.1) is 0 Å². The van der Waals surface area contributed by atoms with E-state index in [4.69, 9.17) is 21.1 Å². The van der Waals surface area contributed by atoms with E-state index < -0.39 is 18.0 Å². The van der Waals surface area contributed by atoms with Gasteiger partial charge in [-0.3, -0.25) is 4.40 Å². The number of esters is 2. The van der Waals surface area contributed by atoms with E-state index in [1.165, 1.54) is 12.2 Å². The second kappa shape index (κ2) is 5.57. The number of pyridine rings is 1. The van der Waals surface area contributed by atoms with Gasteiger partial charge in [-0.2, -0.15) is 0 Å². The third-order valence-electron chi connectivity index (χ3n) is 3.04. The fraction of sp³-hybridized carbons (Fsp3) is 0.214. The predicted molar refractivity (Wildman–Crippen MR) is 74.7 cm³/mol. The molecule has 3 heterocycles. The van der Waals surface area contributed by atoms with E-state index in [1.54, 1.807) is 16.7 Å². The molecule has 21 heavy (non-hydrogen) atoms. The van der Waals surface area contributed by atoms with Gasteiger partial charge >= 0.3 is 11.9 Å². The lowest BCUT2D eigenvalue weighted by Gasteiger charge is -2.05. The molecule has 0 bridgehead atoms. The zero-order chi connectivity index (χ0) is 14.8. The van der Waals surface area contributed by atoms with E-state index >= 15 is 0 Å². The average molecular weight is 307 g/mol. The highest BCUT2D eigenvalue weighted by atomic mass is 35.5. The van der Waals surface area contributed by atoms with Gasteiger partial charge in [-0.05, 0) is 18.2 Å². The lowest BCUT2D eigenvalue weighted by molar-refractivity contribution is -0.156. The molecule has 0 radical (unpaired) electrons. The van der Waals surface area contributed by atoms with Crippen LogP contribution in [0.1, 0.15) is 12.1 Å². The fourth-order valence-electron chi connectivity index (χ4n) is 2.05. The fourth-order valence-corrected chi connectivity index (χ4v) is 2.29. The van der Waals surface area contributed by atoms with Crippen molar-refractivity contribution in [3.05, 3.63) is 41.3 Å². The van der Waals surface area contributed by atoms with E-state index in [2.05, 4.69) is 4.98 Å². The van der Waals surface area contributed by atoms with E-state index in [1.807, 2.05) is 12.1 Å². The van der Waals surface area contributed by atoms with Crippen molar-refractivity contribution in [2.45, 2.75) is 12.5 Å². The largest absolute Gasteiger partial charge is 0.463 e. The van der Waals surface area contributed by atoms with Crippen molar-refractivity contribution in [2.24, 2.45) is 0 Å². The summed E-state index contributed by atoms with van der Waals surface area (Å²) in [6.45, 7) is 0.277. The SMILES string of the molecule is O=C(/C=C/c1c(Cl)nc2ccccn12)O[C@@H]1CCOC1=O. The number of carbonyl (C=O) groups is 2. The molecule has 0 aliphatic carbocycles. The smallest absolute Gasteiger partial charge is 0.347 e. The van der Waals surface area contributed by atoms with Crippen LogP contribution in [0.4, 0.5) is 0 Å². The maximum Gasteiger partial charge on any atom is 0.347 e. The molecule has 3 rings (SSSR count). The van der Waals surface area contributed by atoms with E-state index in [-0.39, 0.29) is 11.8 Å². The summed E-state index contributed by atoms with van der Waals surface area (Å²) in [5, 5.41) is 0.283. The van der Waals surface area contributed by atoms with Crippen LogP contribution in [0.15, 0.2) is 30.5 Å². The lowest BCUT2D eigenvalue weighted by Crippen LogP contribution is -2.21. The van der Waals surface area contributed by atoms with E-state index in [0.29, 0.717) is 17.8 Å². The van der Waals surface area contributed by atoms with Crippen molar-refractivity contribution < 1.29 is 19.1 Å². The molecule has 1 saturated heterocycles. The number of fused-ring (bicyclic) bond motifs is 1. The van der Waals surface area contributed by atoms with E-state index in [0.717, 1.165) is 0 Å². The highest BCUT2D eigenvalue weighted by Crippen LogP contribution is 2.19. The number of aromatic nitrogens is 2. The summed E-state index contributed by atoms with van der Waals surface area (Å²) in [6, 6.07) is 5.47. The topological polar surface area (TPSA) is 69.9 Å². The Bertz CT molecular complexity index is 738. The van der Waals surface area contributed by atoms with Gasteiger partial charge in [0.25, 0.3) is 0 Å². The van der Waals surface area contributed by atoms with Crippen molar-refractivity contribution in [2.75, 3.05) is 6.61 Å². The third kappa shape index (κ3) is 2.75. The van der Waals surface area contributed by atoms with Crippen LogP contribution in [0.3, 0.4) is 0 Å². The molecule has 0 aromatic carbocycles. The molecule has 0 spiro atoms. The zero-order valence-electron chi connectivity index (χ0n) is 10.9. The summed E-state index contributed by atoms with van der Waals surface area (Å²) in [6.07, 6.45) is 4.07. The van der Waals surface area contributed by atoms with Crippen LogP contribution in [-0.4, -0.2) is 34.0 Å². The van der Waals surface area contributed by atoms with Gasteiger partial charge in [-0.15, -0.1) is 0 Å². The first-order valence-corrected chi connectivity index (χ1v) is 6.71. The number of carbonyl (C=O) groups excluding carboxylic acids is 2. The van der Waals surface area contributed by atoms with Gasteiger partial charge in [0.05, 0.1) is 12.3 Å². The summed E-state index contributed by atoms with van der Waals surface area (Å²) < 4.78 is 11.5. The van der Waals surface area contributed by atoms with Crippen LogP contribution in [0.25, 0.3) is 11.7 Å². The van der Waals surface area contributed by atoms with Gasteiger partial charge in [-0.25, -0.2) is 14.6 Å². The number of cyclic esters (lactones) is 1. The third-order valence-corrected chi connectivity index (χ3v) is 3.32. The molecule has 1 atom stereocenters. The molecular formula is C14H11ClN2O4. The summed E-state index contributed by atoms with van der Waals surface area (Å²) >= 11 is 6.04. The average Bonchev–Trinajstić information content (AvgIpc) is 3.00. The summed E-state index contributed by atoms with van der Waals surface area (Å²) in [7, 11) is 0. The highest BCUT2D eigenvalue weighted by molar-refractivity contribution is 6.31. The van der Waals surface area contributed by atoms with Crippen molar-refractivity contribution in [1.82, 2.24) is 9.38 Å². The Labute approximate surface area is 124 Å². The van der Waals surface area contributed by atoms with Crippen molar-refractivity contribution in [3.8, 4) is 0 Å². The minimum Gasteiger partial charge on any atom is -0.463 e. The first-order valence-electron chi connectivity index (χ1n) is 6.33. The quantitative estimate of drug-likeness (QED) is 0.639. The molecular weight excluding hydrogens is 296 g/mol. The first kappa shape index (κ1) is 13.6. The van der Waals surface area contributed by atoms with Crippen molar-refractivity contribution >= 4 is 35.3 Å². The Morgan fingerprint density at radius 1 is 1.52 bits per heavy atom. The zero-order valence-corrected chi connectivity index (χ0v) is 11.6. The van der Waals surface area contributed by atoms with Crippen molar-refractivity contribution in [3.63, 3.8) is 0 Å². The van der Waals surface area contributed by atoms with Gasteiger partial charge in [-0.1, -0.05) is 17.7 Å². The predicted octanol–water partition coefficient (Wildman–Crippen LogP) is 1.86. The minimum absolute atomic E-state index is 0.277. The number of hydrogen-bond acceptors (Lipinski definition) is 5. The number of nitrogens with zero attached hydrogens (tertiary/aromatic N) is 2. The Kier molecular flexibility index (Phi) is 3.62. The second-order valence-electron chi connectivity index (χ2n) is 4.43. The lowest BCUT2D eigenvalue weighted by atomic mass is 10.3. The second-order valence-corrected chi connectivity index (χ2v) is 4.79. The maximum absolute atomic E-state index is 11.7. The number of hydrogen-bond donors (Lipinski definition) is 0. The Morgan fingerprint density at radius 2 is 2.38 bits per heavy atom. The molecule has 0 saturated carbocycles. The van der Waals surface area contributed by atoms with Gasteiger partial charge in [0.15, 0.2) is 5.15 Å². The molecule has 108 valence electrons. The molecule has 6 nitrogen and oxygen atoms in total.